The van der Waals surface area contributed by atoms with Gasteiger partial charge in [-0.05, 0) is 41.7 Å². The van der Waals surface area contributed by atoms with Crippen molar-refractivity contribution in [2.24, 2.45) is 5.92 Å². The van der Waals surface area contributed by atoms with Crippen molar-refractivity contribution in [3.63, 3.8) is 0 Å². The van der Waals surface area contributed by atoms with E-state index >= 15 is 0 Å². The molecule has 0 saturated carbocycles. The first-order valence-electron chi connectivity index (χ1n) is 10.0. The molecule has 1 aromatic carbocycles. The van der Waals surface area contributed by atoms with Gasteiger partial charge in [0.15, 0.2) is 0 Å². The molecule has 1 aliphatic heterocycles. The third-order valence-corrected chi connectivity index (χ3v) is 4.71. The van der Waals surface area contributed by atoms with Crippen LogP contribution in [0.3, 0.4) is 0 Å². The Morgan fingerprint density at radius 2 is 1.85 bits per heavy atom. The van der Waals surface area contributed by atoms with Gasteiger partial charge in [0.1, 0.15) is 5.75 Å². The first-order valence-corrected chi connectivity index (χ1v) is 10.0. The van der Waals surface area contributed by atoms with Gasteiger partial charge in [-0.1, -0.05) is 73.2 Å². The molecule has 4 nitrogen and oxygen atoms in total. The lowest BCUT2D eigenvalue weighted by molar-refractivity contribution is -0.122. The molecule has 1 fully saturated rings. The van der Waals surface area contributed by atoms with Crippen molar-refractivity contribution in [3.8, 4) is 5.75 Å². The van der Waals surface area contributed by atoms with E-state index in [1.807, 2.05) is 32.0 Å². The van der Waals surface area contributed by atoms with E-state index in [0.29, 0.717) is 30.6 Å². The summed E-state index contributed by atoms with van der Waals surface area (Å²) in [4.78, 5) is 21.2. The quantitative estimate of drug-likeness (QED) is 0.649. The topological polar surface area (TPSA) is 55.4 Å². The van der Waals surface area contributed by atoms with E-state index in [0.717, 1.165) is 35.4 Å². The lowest BCUT2D eigenvalue weighted by atomic mass is 9.92. The second-order valence-corrected chi connectivity index (χ2v) is 6.96. The minimum absolute atomic E-state index is 0.109. The van der Waals surface area contributed by atoms with Crippen LogP contribution in [-0.4, -0.2) is 12.4 Å². The third-order valence-electron chi connectivity index (χ3n) is 4.71. The lowest BCUT2D eigenvalue weighted by Crippen LogP contribution is -2.30. The highest BCUT2D eigenvalue weighted by atomic mass is 16.5. The Hall–Kier alpha value is -2.10. The van der Waals surface area contributed by atoms with Crippen molar-refractivity contribution in [2.45, 2.75) is 79.6 Å². The number of rotatable bonds is 5. The van der Waals surface area contributed by atoms with Crippen molar-refractivity contribution in [2.75, 3.05) is 0 Å². The van der Waals surface area contributed by atoms with Crippen LogP contribution in [-0.2, 0) is 9.59 Å². The maximum atomic E-state index is 10.6. The Bertz CT molecular complexity index is 608. The molecule has 152 valence electrons. The molecule has 4 heteroatoms. The van der Waals surface area contributed by atoms with Gasteiger partial charge in [-0.25, -0.2) is 0 Å². The highest BCUT2D eigenvalue weighted by Crippen LogP contribution is 2.35. The van der Waals surface area contributed by atoms with Crippen molar-refractivity contribution in [3.05, 3.63) is 41.6 Å². The van der Waals surface area contributed by atoms with E-state index in [1.165, 1.54) is 0 Å². The highest BCUT2D eigenvalue weighted by molar-refractivity contribution is 5.78. The summed E-state index contributed by atoms with van der Waals surface area (Å²) < 4.78 is 5.17. The number of nitrogens with one attached hydrogen (secondary N) is 1. The minimum Gasteiger partial charge on any atom is -0.428 e. The van der Waals surface area contributed by atoms with Crippen LogP contribution in [0.2, 0.25) is 0 Å². The normalized spacial score (nSPS) is 17.0. The maximum Gasteiger partial charge on any atom is 0.298 e. The highest BCUT2D eigenvalue weighted by Gasteiger charge is 2.17. The van der Waals surface area contributed by atoms with E-state index in [2.05, 4.69) is 46.5 Å². The van der Waals surface area contributed by atoms with Gasteiger partial charge in [0.2, 0.25) is 5.91 Å². The van der Waals surface area contributed by atoms with Crippen LogP contribution in [0.5, 0.6) is 5.75 Å². The third kappa shape index (κ3) is 7.98. The fourth-order valence-electron chi connectivity index (χ4n) is 2.71. The molecule has 0 radical (unpaired) electrons. The number of carbonyl (C=O) groups excluding carboxylic acids is 2. The summed E-state index contributed by atoms with van der Waals surface area (Å²) in [6.45, 7) is 18.8. The molecule has 1 aromatic rings. The van der Waals surface area contributed by atoms with E-state index in [1.54, 1.807) is 0 Å². The molecular weight excluding hydrogens is 338 g/mol. The van der Waals surface area contributed by atoms with E-state index in [-0.39, 0.29) is 5.91 Å². The largest absolute Gasteiger partial charge is 0.428 e. The zero-order chi connectivity index (χ0) is 21.0. The minimum atomic E-state index is 0.109. The molecule has 2 atom stereocenters. The van der Waals surface area contributed by atoms with Crippen LogP contribution in [0.25, 0.3) is 0 Å². The van der Waals surface area contributed by atoms with E-state index in [9.17, 15) is 9.59 Å². The standard InChI is InChI=1S/C14H20O2.C7H11NO.C2H6/c1-5-11(4)13-8-6-7-12(10(2)3)14(13)16-9-15;1-5-3-4-7(9)8-6(5)2;1-2/h6-11H,5H2,1-4H3;5H,2-4H2,1H3,(H,8,9);1-2H3. The summed E-state index contributed by atoms with van der Waals surface area (Å²) in [5.41, 5.74) is 3.09. The molecule has 27 heavy (non-hydrogen) atoms. The number of hydrogen-bond acceptors (Lipinski definition) is 3. The Morgan fingerprint density at radius 3 is 2.30 bits per heavy atom. The molecule has 0 aliphatic carbocycles. The fourth-order valence-corrected chi connectivity index (χ4v) is 2.71. The van der Waals surface area contributed by atoms with E-state index in [4.69, 9.17) is 4.74 Å². The molecule has 2 unspecified atom stereocenters. The van der Waals surface area contributed by atoms with Gasteiger partial charge >= 0.3 is 0 Å². The second-order valence-electron chi connectivity index (χ2n) is 6.96. The molecule has 1 heterocycles. The van der Waals surface area contributed by atoms with Gasteiger partial charge in [0.25, 0.3) is 6.47 Å². The smallest absolute Gasteiger partial charge is 0.298 e. The summed E-state index contributed by atoms with van der Waals surface area (Å²) in [6, 6.07) is 6.10. The monoisotopic (exact) mass is 375 g/mol. The van der Waals surface area contributed by atoms with Crippen molar-refractivity contribution >= 4 is 12.4 Å². The number of benzene rings is 1. The Morgan fingerprint density at radius 1 is 1.26 bits per heavy atom. The molecule has 2 rings (SSSR count). The number of allylic oxidation sites excluding steroid dienone is 1. The Balaban J connectivity index is 0.000000519. The molecule has 1 saturated heterocycles. The SMILES string of the molecule is C=C1NC(=O)CCC1C.CC.CCC(C)c1cccc(C(C)C)c1OC=O. The second kappa shape index (κ2) is 13.1. The van der Waals surface area contributed by atoms with Crippen LogP contribution in [0, 0.1) is 5.92 Å². The average molecular weight is 376 g/mol. The van der Waals surface area contributed by atoms with Crippen molar-refractivity contribution < 1.29 is 14.3 Å². The summed E-state index contributed by atoms with van der Waals surface area (Å²) >= 11 is 0. The summed E-state index contributed by atoms with van der Waals surface area (Å²) in [5, 5.41) is 2.70. The number of carbonyl (C=O) groups is 2. The van der Waals surface area contributed by atoms with Crippen LogP contribution >= 0.6 is 0 Å². The Labute approximate surface area is 165 Å². The molecule has 1 amide bonds. The summed E-state index contributed by atoms with van der Waals surface area (Å²) in [7, 11) is 0. The molecule has 1 aliphatic rings. The van der Waals surface area contributed by atoms with Crippen molar-refractivity contribution in [1.29, 1.82) is 0 Å². The van der Waals surface area contributed by atoms with Gasteiger partial charge in [-0.3, -0.25) is 9.59 Å². The first-order chi connectivity index (χ1) is 12.8. The predicted molar refractivity (Wildman–Crippen MR) is 113 cm³/mol. The van der Waals surface area contributed by atoms with Crippen LogP contribution in [0.1, 0.15) is 90.7 Å². The van der Waals surface area contributed by atoms with Gasteiger partial charge in [0, 0.05) is 12.1 Å². The van der Waals surface area contributed by atoms with Gasteiger partial charge in [-0.2, -0.15) is 0 Å². The van der Waals surface area contributed by atoms with E-state index < -0.39 is 0 Å². The molecule has 0 bridgehead atoms. The molecule has 1 N–H and O–H groups in total. The van der Waals surface area contributed by atoms with Crippen LogP contribution < -0.4 is 10.1 Å². The zero-order valence-electron chi connectivity index (χ0n) is 18.1. The molecular formula is C23H37NO3. The average Bonchev–Trinajstić information content (AvgIpc) is 2.66. The summed E-state index contributed by atoms with van der Waals surface area (Å²) in [6.07, 6.45) is 2.64. The Kier molecular flexibility index (Phi) is 12.1. The summed E-state index contributed by atoms with van der Waals surface area (Å²) in [5.74, 6) is 2.09. The number of para-hydroxylation sites is 1. The van der Waals surface area contributed by atoms with Crippen LogP contribution in [0.4, 0.5) is 0 Å². The number of ether oxygens (including phenoxy) is 1. The predicted octanol–water partition coefficient (Wildman–Crippen LogP) is 5.93. The number of hydrogen-bond donors (Lipinski definition) is 1. The molecule has 0 spiro atoms. The zero-order valence-corrected chi connectivity index (χ0v) is 18.1. The number of piperidine rings is 1. The van der Waals surface area contributed by atoms with Crippen LogP contribution in [0.15, 0.2) is 30.5 Å². The van der Waals surface area contributed by atoms with Gasteiger partial charge < -0.3 is 10.1 Å². The number of amides is 1. The van der Waals surface area contributed by atoms with Crippen molar-refractivity contribution in [1.82, 2.24) is 5.32 Å². The fraction of sp³-hybridized carbons (Fsp3) is 0.565. The maximum absolute atomic E-state index is 10.6. The first kappa shape index (κ1) is 24.9. The lowest BCUT2D eigenvalue weighted by Gasteiger charge is -2.20. The van der Waals surface area contributed by atoms with Gasteiger partial charge in [-0.15, -0.1) is 0 Å². The van der Waals surface area contributed by atoms with Gasteiger partial charge in [0.05, 0.1) is 0 Å². The molecule has 0 aromatic heterocycles.